The van der Waals surface area contributed by atoms with Gasteiger partial charge >= 0.3 is 0 Å². The van der Waals surface area contributed by atoms with Gasteiger partial charge in [0.2, 0.25) is 0 Å². The minimum atomic E-state index is -0.126. The second-order valence-corrected chi connectivity index (χ2v) is 14.1. The van der Waals surface area contributed by atoms with Gasteiger partial charge in [0.25, 0.3) is 0 Å². The van der Waals surface area contributed by atoms with Crippen LogP contribution in [0.4, 0.5) is 17.1 Å². The highest BCUT2D eigenvalue weighted by Crippen LogP contribution is 2.56. The van der Waals surface area contributed by atoms with Crippen molar-refractivity contribution in [1.29, 1.82) is 0 Å². The van der Waals surface area contributed by atoms with Gasteiger partial charge < -0.3 is 4.90 Å². The lowest BCUT2D eigenvalue weighted by Gasteiger charge is -2.32. The average molecular weight is 666 g/mol. The Hall–Kier alpha value is -6.44. The first-order valence-electron chi connectivity index (χ1n) is 18.1. The summed E-state index contributed by atoms with van der Waals surface area (Å²) in [6, 6.07) is 72.8. The van der Waals surface area contributed by atoms with Crippen LogP contribution in [0.2, 0.25) is 0 Å². The first-order chi connectivity index (χ1) is 25.6. The van der Waals surface area contributed by atoms with Gasteiger partial charge in [-0.2, -0.15) is 0 Å². The first-order valence-corrected chi connectivity index (χ1v) is 18.1. The van der Waals surface area contributed by atoms with E-state index in [0.717, 1.165) is 11.4 Å². The molecule has 8 aromatic rings. The van der Waals surface area contributed by atoms with Crippen molar-refractivity contribution in [2.75, 3.05) is 4.90 Å². The van der Waals surface area contributed by atoms with Crippen molar-refractivity contribution in [1.82, 2.24) is 0 Å². The molecule has 0 bridgehead atoms. The maximum absolute atomic E-state index is 2.51. The molecule has 0 amide bonds. The Morgan fingerprint density at radius 2 is 0.750 bits per heavy atom. The Balaban J connectivity index is 1.37. The average Bonchev–Trinajstić information content (AvgIpc) is 3.45. The van der Waals surface area contributed by atoms with Crippen LogP contribution in [0, 0.1) is 0 Å². The molecule has 0 aliphatic heterocycles. The van der Waals surface area contributed by atoms with Crippen molar-refractivity contribution in [2.45, 2.75) is 19.3 Å². The van der Waals surface area contributed by atoms with Crippen LogP contribution in [0.15, 0.2) is 200 Å². The van der Waals surface area contributed by atoms with Gasteiger partial charge in [0.1, 0.15) is 0 Å². The zero-order valence-corrected chi connectivity index (χ0v) is 29.5. The number of benzene rings is 8. The highest BCUT2D eigenvalue weighted by atomic mass is 15.1. The molecule has 1 aliphatic carbocycles. The van der Waals surface area contributed by atoms with Crippen LogP contribution < -0.4 is 4.90 Å². The van der Waals surface area contributed by atoms with Crippen molar-refractivity contribution in [3.63, 3.8) is 0 Å². The summed E-state index contributed by atoms with van der Waals surface area (Å²) in [5.41, 5.74) is 18.2. The lowest BCUT2D eigenvalue weighted by atomic mass is 9.82. The third-order valence-corrected chi connectivity index (χ3v) is 10.7. The van der Waals surface area contributed by atoms with E-state index in [1.807, 2.05) is 0 Å². The largest absolute Gasteiger partial charge is 0.309 e. The van der Waals surface area contributed by atoms with E-state index in [0.29, 0.717) is 0 Å². The summed E-state index contributed by atoms with van der Waals surface area (Å²) < 4.78 is 0. The van der Waals surface area contributed by atoms with Crippen LogP contribution in [0.25, 0.3) is 55.6 Å². The molecule has 0 saturated heterocycles. The molecule has 1 heteroatoms. The minimum Gasteiger partial charge on any atom is -0.309 e. The number of nitrogens with zero attached hydrogens (tertiary/aromatic N) is 1. The van der Waals surface area contributed by atoms with Crippen LogP contribution in [-0.2, 0) is 5.41 Å². The van der Waals surface area contributed by atoms with Gasteiger partial charge in [-0.3, -0.25) is 0 Å². The molecule has 0 unspecified atom stereocenters. The zero-order valence-electron chi connectivity index (χ0n) is 29.5. The summed E-state index contributed by atoms with van der Waals surface area (Å²) in [6.45, 7) is 4.72. The van der Waals surface area contributed by atoms with Crippen LogP contribution >= 0.6 is 0 Å². The van der Waals surface area contributed by atoms with Gasteiger partial charge in [0.15, 0.2) is 0 Å². The second-order valence-electron chi connectivity index (χ2n) is 14.1. The molecule has 1 aliphatic rings. The maximum atomic E-state index is 2.51. The van der Waals surface area contributed by atoms with Crippen molar-refractivity contribution >= 4 is 17.1 Å². The van der Waals surface area contributed by atoms with Gasteiger partial charge in [-0.25, -0.2) is 0 Å². The summed E-state index contributed by atoms with van der Waals surface area (Å²) in [5, 5.41) is 0. The normalized spacial score (nSPS) is 12.6. The molecule has 9 rings (SSSR count). The number of anilines is 3. The van der Waals surface area contributed by atoms with Gasteiger partial charge in [-0.1, -0.05) is 190 Å². The van der Waals surface area contributed by atoms with E-state index in [9.17, 15) is 0 Å². The standard InChI is InChI=1S/C51H39N/c1-51(2)45-28-15-14-26-44(45)50-46(51)29-17-31-48(50)52(40-34-32-37(33-35-40)36-18-6-3-7-19-36)47-30-16-27-42(39-22-10-5-11-23-39)49(47)43-25-13-12-24-41(43)38-20-8-4-9-21-38/h3-35H,1-2H3. The number of fused-ring (bicyclic) bond motifs is 3. The molecule has 0 fully saturated rings. The van der Waals surface area contributed by atoms with E-state index in [2.05, 4.69) is 219 Å². The van der Waals surface area contributed by atoms with E-state index in [4.69, 9.17) is 0 Å². The minimum absolute atomic E-state index is 0.126. The second kappa shape index (κ2) is 13.0. The monoisotopic (exact) mass is 665 g/mol. The third-order valence-electron chi connectivity index (χ3n) is 10.7. The lowest BCUT2D eigenvalue weighted by molar-refractivity contribution is 0.660. The SMILES string of the molecule is CC1(C)c2ccccc2-c2c(N(c3ccc(-c4ccccc4)cc3)c3cccc(-c4ccccc4)c3-c3ccccc3-c3ccccc3)cccc21. The molecular weight excluding hydrogens is 627 g/mol. The Labute approximate surface area is 307 Å². The van der Waals surface area contributed by atoms with E-state index < -0.39 is 0 Å². The van der Waals surface area contributed by atoms with Crippen LogP contribution in [0.3, 0.4) is 0 Å². The smallest absolute Gasteiger partial charge is 0.0546 e. The summed E-state index contributed by atoms with van der Waals surface area (Å²) in [5.74, 6) is 0. The van der Waals surface area contributed by atoms with E-state index in [1.54, 1.807) is 0 Å². The summed E-state index contributed by atoms with van der Waals surface area (Å²) in [7, 11) is 0. The van der Waals surface area contributed by atoms with Crippen LogP contribution in [-0.4, -0.2) is 0 Å². The topological polar surface area (TPSA) is 3.24 Å². The van der Waals surface area contributed by atoms with Crippen LogP contribution in [0.5, 0.6) is 0 Å². The Bertz CT molecular complexity index is 2510. The first kappa shape index (κ1) is 31.5. The number of rotatable bonds is 7. The highest BCUT2D eigenvalue weighted by Gasteiger charge is 2.38. The molecule has 248 valence electrons. The molecule has 0 atom stereocenters. The molecule has 0 saturated carbocycles. The third kappa shape index (κ3) is 5.34. The van der Waals surface area contributed by atoms with E-state index in [-0.39, 0.29) is 5.41 Å². The predicted molar refractivity (Wildman–Crippen MR) is 220 cm³/mol. The molecule has 0 N–H and O–H groups in total. The predicted octanol–water partition coefficient (Wildman–Crippen LogP) is 14.1. The summed E-state index contributed by atoms with van der Waals surface area (Å²) in [4.78, 5) is 2.51. The quantitative estimate of drug-likeness (QED) is 0.164. The fraction of sp³-hybridized carbons (Fsp3) is 0.0588. The molecule has 8 aromatic carbocycles. The van der Waals surface area contributed by atoms with Crippen molar-refractivity contribution in [3.05, 3.63) is 211 Å². The van der Waals surface area contributed by atoms with Gasteiger partial charge in [0.05, 0.1) is 11.4 Å². The number of hydrogen-bond donors (Lipinski definition) is 0. The van der Waals surface area contributed by atoms with Gasteiger partial charge in [-0.05, 0) is 79.9 Å². The van der Waals surface area contributed by atoms with E-state index in [1.165, 1.54) is 72.4 Å². The Kier molecular flexibility index (Phi) is 7.90. The molecule has 0 heterocycles. The van der Waals surface area contributed by atoms with Gasteiger partial charge in [-0.15, -0.1) is 0 Å². The zero-order chi connectivity index (χ0) is 35.1. The Morgan fingerprint density at radius 3 is 1.40 bits per heavy atom. The van der Waals surface area contributed by atoms with Crippen LogP contribution in [0.1, 0.15) is 25.0 Å². The summed E-state index contributed by atoms with van der Waals surface area (Å²) in [6.07, 6.45) is 0. The fourth-order valence-corrected chi connectivity index (χ4v) is 8.20. The molecule has 0 radical (unpaired) electrons. The number of hydrogen-bond acceptors (Lipinski definition) is 1. The van der Waals surface area contributed by atoms with Crippen molar-refractivity contribution in [2.24, 2.45) is 0 Å². The Morgan fingerprint density at radius 1 is 0.308 bits per heavy atom. The van der Waals surface area contributed by atoms with Gasteiger partial charge in [0, 0.05) is 22.2 Å². The molecule has 52 heavy (non-hydrogen) atoms. The van der Waals surface area contributed by atoms with Crippen molar-refractivity contribution in [3.8, 4) is 55.6 Å². The summed E-state index contributed by atoms with van der Waals surface area (Å²) >= 11 is 0. The molecule has 1 nitrogen and oxygen atoms in total. The maximum Gasteiger partial charge on any atom is 0.0546 e. The fourth-order valence-electron chi connectivity index (χ4n) is 8.20. The molecular formula is C51H39N. The lowest BCUT2D eigenvalue weighted by Crippen LogP contribution is -2.16. The highest BCUT2D eigenvalue weighted by molar-refractivity contribution is 6.03. The van der Waals surface area contributed by atoms with Crippen molar-refractivity contribution < 1.29 is 0 Å². The molecule has 0 aromatic heterocycles. The molecule has 0 spiro atoms. The van der Waals surface area contributed by atoms with E-state index >= 15 is 0 Å².